The summed E-state index contributed by atoms with van der Waals surface area (Å²) in [5, 5.41) is 6.51. The first-order valence-corrected chi connectivity index (χ1v) is 8.47. The van der Waals surface area contributed by atoms with Gasteiger partial charge in [0, 0.05) is 18.2 Å². The Morgan fingerprint density at radius 3 is 3.00 bits per heavy atom. The summed E-state index contributed by atoms with van der Waals surface area (Å²) in [5.74, 6) is 1.35. The van der Waals surface area contributed by atoms with Crippen LogP contribution in [0.15, 0.2) is 0 Å². The molecule has 3 aliphatic heterocycles. The van der Waals surface area contributed by atoms with Crippen molar-refractivity contribution in [3.05, 3.63) is 0 Å². The van der Waals surface area contributed by atoms with Gasteiger partial charge in [-0.25, -0.2) is 0 Å². The number of thioether (sulfide) groups is 1. The van der Waals surface area contributed by atoms with Gasteiger partial charge in [0.2, 0.25) is 11.8 Å². The highest BCUT2D eigenvalue weighted by Crippen LogP contribution is 2.47. The third-order valence-electron chi connectivity index (χ3n) is 4.86. The first-order chi connectivity index (χ1) is 9.51. The van der Waals surface area contributed by atoms with E-state index in [1.807, 2.05) is 4.90 Å². The van der Waals surface area contributed by atoms with Crippen molar-refractivity contribution in [1.29, 1.82) is 0 Å². The molecule has 0 saturated carbocycles. The molecule has 2 amide bonds. The number of fused-ring (bicyclic) bond motifs is 1. The molecule has 120 valence electrons. The number of nitrogens with zero attached hydrogens (tertiary/aromatic N) is 1. The van der Waals surface area contributed by atoms with Gasteiger partial charge in [-0.05, 0) is 38.8 Å². The molecule has 0 radical (unpaired) electrons. The van der Waals surface area contributed by atoms with Crippen LogP contribution in [0.2, 0.25) is 0 Å². The number of carbonyl (C=O) groups is 2. The lowest BCUT2D eigenvalue weighted by Gasteiger charge is -2.34. The lowest BCUT2D eigenvalue weighted by molar-refractivity contribution is -0.138. The second-order valence-corrected chi connectivity index (χ2v) is 7.85. The molecule has 4 unspecified atom stereocenters. The molecule has 3 aliphatic rings. The Labute approximate surface area is 136 Å². The van der Waals surface area contributed by atoms with Crippen LogP contribution >= 0.6 is 24.2 Å². The molecule has 0 aromatic carbocycles. The van der Waals surface area contributed by atoms with Crippen LogP contribution in [0.1, 0.15) is 33.1 Å². The van der Waals surface area contributed by atoms with Crippen molar-refractivity contribution in [3.63, 3.8) is 0 Å². The summed E-state index contributed by atoms with van der Waals surface area (Å²) in [7, 11) is 0. The number of hydrogen-bond donors (Lipinski definition) is 2. The van der Waals surface area contributed by atoms with Crippen molar-refractivity contribution >= 4 is 36.0 Å². The van der Waals surface area contributed by atoms with Crippen LogP contribution in [0.25, 0.3) is 0 Å². The largest absolute Gasteiger partial charge is 0.351 e. The lowest BCUT2D eigenvalue weighted by atomic mass is 9.95. The maximum Gasteiger partial charge on any atom is 0.243 e. The molecule has 7 heteroatoms. The Hall–Kier alpha value is -0.460. The van der Waals surface area contributed by atoms with Crippen LogP contribution in [0, 0.1) is 5.92 Å². The van der Waals surface area contributed by atoms with E-state index in [0.29, 0.717) is 12.3 Å². The van der Waals surface area contributed by atoms with Crippen molar-refractivity contribution in [1.82, 2.24) is 15.5 Å². The molecule has 0 spiro atoms. The Balaban J connectivity index is 0.00000161. The second-order valence-electron chi connectivity index (χ2n) is 6.35. The first kappa shape index (κ1) is 16.9. The number of piperidine rings is 1. The van der Waals surface area contributed by atoms with E-state index >= 15 is 0 Å². The zero-order chi connectivity index (χ0) is 14.3. The number of hydrogen-bond acceptors (Lipinski definition) is 4. The minimum atomic E-state index is -0.276. The third kappa shape index (κ3) is 3.03. The fourth-order valence-electron chi connectivity index (χ4n) is 3.52. The van der Waals surface area contributed by atoms with Crippen LogP contribution in [-0.4, -0.2) is 52.5 Å². The Morgan fingerprint density at radius 1 is 1.52 bits per heavy atom. The molecule has 3 heterocycles. The van der Waals surface area contributed by atoms with Crippen molar-refractivity contribution in [2.75, 3.05) is 18.8 Å². The summed E-state index contributed by atoms with van der Waals surface area (Å²) in [6, 6.07) is -0.0413. The van der Waals surface area contributed by atoms with Gasteiger partial charge in [-0.1, -0.05) is 6.92 Å². The SMILES string of the molecule is CC1CNCCC1NC(=O)C1CSC2(C)CCC(=O)N12.Cl. The summed E-state index contributed by atoms with van der Waals surface area (Å²) >= 11 is 1.75. The molecule has 2 N–H and O–H groups in total. The van der Waals surface area contributed by atoms with Gasteiger partial charge in [0.1, 0.15) is 6.04 Å². The van der Waals surface area contributed by atoms with Crippen LogP contribution in [0.4, 0.5) is 0 Å². The highest BCUT2D eigenvalue weighted by molar-refractivity contribution is 8.01. The number of carbonyl (C=O) groups excluding carboxylic acids is 2. The molecule has 3 saturated heterocycles. The van der Waals surface area contributed by atoms with Gasteiger partial charge in [-0.15, -0.1) is 24.2 Å². The molecule has 0 aromatic rings. The summed E-state index contributed by atoms with van der Waals surface area (Å²) in [4.78, 5) is 26.3. The van der Waals surface area contributed by atoms with Gasteiger partial charge in [-0.2, -0.15) is 0 Å². The number of nitrogens with one attached hydrogen (secondary N) is 2. The van der Waals surface area contributed by atoms with Crippen molar-refractivity contribution in [3.8, 4) is 0 Å². The summed E-state index contributed by atoms with van der Waals surface area (Å²) in [5.41, 5.74) is 0. The van der Waals surface area contributed by atoms with Gasteiger partial charge < -0.3 is 15.5 Å². The van der Waals surface area contributed by atoms with E-state index in [-0.39, 0.29) is 41.2 Å². The number of amides is 2. The zero-order valence-corrected chi connectivity index (χ0v) is 14.2. The van der Waals surface area contributed by atoms with E-state index in [0.717, 1.165) is 31.7 Å². The molecule has 21 heavy (non-hydrogen) atoms. The third-order valence-corrected chi connectivity index (χ3v) is 6.37. The molecular formula is C14H24ClN3O2S. The van der Waals surface area contributed by atoms with E-state index in [4.69, 9.17) is 0 Å². The normalized spacial score (nSPS) is 38.9. The standard InChI is InChI=1S/C14H23N3O2S.ClH/c1-9-7-15-6-4-10(9)16-13(19)11-8-20-14(2)5-3-12(18)17(11)14;/h9-11,15H,3-8H2,1-2H3,(H,16,19);1H. The first-order valence-electron chi connectivity index (χ1n) is 7.48. The minimum Gasteiger partial charge on any atom is -0.351 e. The van der Waals surface area contributed by atoms with Gasteiger partial charge in [0.25, 0.3) is 0 Å². The van der Waals surface area contributed by atoms with E-state index in [9.17, 15) is 9.59 Å². The Morgan fingerprint density at radius 2 is 2.29 bits per heavy atom. The molecule has 5 nitrogen and oxygen atoms in total. The average molecular weight is 334 g/mol. The molecule has 0 aromatic heterocycles. The fourth-order valence-corrected chi connectivity index (χ4v) is 4.95. The Bertz CT molecular complexity index is 436. The average Bonchev–Trinajstić information content (AvgIpc) is 2.90. The van der Waals surface area contributed by atoms with Crippen LogP contribution in [0.3, 0.4) is 0 Å². The zero-order valence-electron chi connectivity index (χ0n) is 12.6. The van der Waals surface area contributed by atoms with Crippen LogP contribution in [-0.2, 0) is 9.59 Å². The lowest BCUT2D eigenvalue weighted by Crippen LogP contribution is -2.55. The maximum absolute atomic E-state index is 12.6. The molecular weight excluding hydrogens is 310 g/mol. The Kier molecular flexibility index (Phi) is 5.11. The van der Waals surface area contributed by atoms with Gasteiger partial charge in [0.05, 0.1) is 4.87 Å². The highest BCUT2D eigenvalue weighted by Gasteiger charge is 2.53. The molecule has 0 aliphatic carbocycles. The molecule has 3 fully saturated rings. The predicted molar refractivity (Wildman–Crippen MR) is 86.6 cm³/mol. The monoisotopic (exact) mass is 333 g/mol. The topological polar surface area (TPSA) is 61.4 Å². The van der Waals surface area contributed by atoms with Crippen LogP contribution < -0.4 is 10.6 Å². The van der Waals surface area contributed by atoms with E-state index in [1.165, 1.54) is 0 Å². The maximum atomic E-state index is 12.6. The highest BCUT2D eigenvalue weighted by atomic mass is 35.5. The van der Waals surface area contributed by atoms with Gasteiger partial charge >= 0.3 is 0 Å². The fraction of sp³-hybridized carbons (Fsp3) is 0.857. The molecule has 4 atom stereocenters. The predicted octanol–water partition coefficient (Wildman–Crippen LogP) is 0.976. The smallest absolute Gasteiger partial charge is 0.243 e. The summed E-state index contributed by atoms with van der Waals surface area (Å²) < 4.78 is 0. The summed E-state index contributed by atoms with van der Waals surface area (Å²) in [6.07, 6.45) is 2.42. The van der Waals surface area contributed by atoms with E-state index in [2.05, 4.69) is 24.5 Å². The van der Waals surface area contributed by atoms with Crippen molar-refractivity contribution in [2.45, 2.75) is 50.1 Å². The molecule has 0 bridgehead atoms. The minimum absolute atomic E-state index is 0. The summed E-state index contributed by atoms with van der Waals surface area (Å²) in [6.45, 7) is 6.15. The van der Waals surface area contributed by atoms with Crippen LogP contribution in [0.5, 0.6) is 0 Å². The second kappa shape index (κ2) is 6.34. The number of halogens is 1. The van der Waals surface area contributed by atoms with Gasteiger partial charge in [0.15, 0.2) is 0 Å². The number of rotatable bonds is 2. The van der Waals surface area contributed by atoms with E-state index in [1.54, 1.807) is 11.8 Å². The van der Waals surface area contributed by atoms with Crippen molar-refractivity contribution < 1.29 is 9.59 Å². The van der Waals surface area contributed by atoms with Gasteiger partial charge in [-0.3, -0.25) is 9.59 Å². The quantitative estimate of drug-likeness (QED) is 0.790. The van der Waals surface area contributed by atoms with Crippen molar-refractivity contribution in [2.24, 2.45) is 5.92 Å². The molecule has 3 rings (SSSR count). The van der Waals surface area contributed by atoms with E-state index < -0.39 is 0 Å².